The van der Waals surface area contributed by atoms with Gasteiger partial charge < -0.3 is 5.11 Å². The minimum atomic E-state index is -0.299. The van der Waals surface area contributed by atoms with Gasteiger partial charge in [0.25, 0.3) is 0 Å². The SMILES string of the molecule is CC1=CC(Cc2ccccc2)(N2CCCC(O)C2)N=C1. The molecule has 1 fully saturated rings. The summed E-state index contributed by atoms with van der Waals surface area (Å²) in [6.07, 6.45) is 6.81. The molecule has 1 N–H and O–H groups in total. The Morgan fingerprint density at radius 1 is 1.35 bits per heavy atom. The minimum Gasteiger partial charge on any atom is -0.392 e. The van der Waals surface area contributed by atoms with Gasteiger partial charge in [0.05, 0.1) is 6.10 Å². The van der Waals surface area contributed by atoms with Crippen molar-refractivity contribution in [1.29, 1.82) is 0 Å². The lowest BCUT2D eigenvalue weighted by atomic mass is 9.94. The number of hydrogen-bond acceptors (Lipinski definition) is 3. The Morgan fingerprint density at radius 2 is 2.15 bits per heavy atom. The van der Waals surface area contributed by atoms with Gasteiger partial charge in [0.15, 0.2) is 0 Å². The first kappa shape index (κ1) is 13.5. The largest absolute Gasteiger partial charge is 0.392 e. The molecular weight excluding hydrogens is 248 g/mol. The maximum atomic E-state index is 9.97. The molecule has 2 unspecified atom stereocenters. The molecule has 3 heteroatoms. The summed E-state index contributed by atoms with van der Waals surface area (Å²) in [5.74, 6) is 0. The molecule has 1 aromatic rings. The van der Waals surface area contributed by atoms with E-state index in [-0.39, 0.29) is 11.8 Å². The monoisotopic (exact) mass is 270 g/mol. The molecule has 1 saturated heterocycles. The molecule has 0 saturated carbocycles. The fraction of sp³-hybridized carbons (Fsp3) is 0.471. The number of allylic oxidation sites excluding steroid dienone is 1. The summed E-state index contributed by atoms with van der Waals surface area (Å²) in [5.41, 5.74) is 2.20. The lowest BCUT2D eigenvalue weighted by molar-refractivity contribution is 0.0239. The van der Waals surface area contributed by atoms with Gasteiger partial charge in [0, 0.05) is 25.7 Å². The average molecular weight is 270 g/mol. The quantitative estimate of drug-likeness (QED) is 0.915. The second-order valence-electron chi connectivity index (χ2n) is 5.93. The van der Waals surface area contributed by atoms with Gasteiger partial charge >= 0.3 is 0 Å². The number of aliphatic hydroxyl groups excluding tert-OH is 1. The number of rotatable bonds is 3. The third kappa shape index (κ3) is 2.69. The van der Waals surface area contributed by atoms with Gasteiger partial charge in [-0.3, -0.25) is 9.89 Å². The van der Waals surface area contributed by atoms with Crippen LogP contribution in [0.25, 0.3) is 0 Å². The number of benzene rings is 1. The number of β-amino-alcohol motifs (C(OH)–C–C–N with tert-alkyl or cyclic N) is 1. The van der Waals surface area contributed by atoms with Crippen molar-refractivity contribution in [3.05, 3.63) is 47.5 Å². The van der Waals surface area contributed by atoms with E-state index in [4.69, 9.17) is 4.99 Å². The van der Waals surface area contributed by atoms with Gasteiger partial charge in [-0.05, 0) is 37.0 Å². The number of hydrogen-bond donors (Lipinski definition) is 1. The van der Waals surface area contributed by atoms with Crippen LogP contribution < -0.4 is 0 Å². The predicted octanol–water partition coefficient (Wildman–Crippen LogP) is 2.41. The highest BCUT2D eigenvalue weighted by Gasteiger charge is 2.38. The summed E-state index contributed by atoms with van der Waals surface area (Å²) in [4.78, 5) is 7.13. The van der Waals surface area contributed by atoms with Gasteiger partial charge in [0.1, 0.15) is 5.66 Å². The summed E-state index contributed by atoms with van der Waals surface area (Å²) in [5, 5.41) is 9.97. The first-order valence-electron chi connectivity index (χ1n) is 7.40. The number of aliphatic hydroxyl groups is 1. The molecule has 0 amide bonds. The summed E-state index contributed by atoms with van der Waals surface area (Å²) < 4.78 is 0. The summed E-state index contributed by atoms with van der Waals surface area (Å²) in [6, 6.07) is 10.5. The van der Waals surface area contributed by atoms with Gasteiger partial charge in [-0.25, -0.2) is 0 Å². The molecule has 2 aliphatic heterocycles. The van der Waals surface area contributed by atoms with Crippen molar-refractivity contribution in [1.82, 2.24) is 4.90 Å². The molecular formula is C17H22N2O. The minimum absolute atomic E-state index is 0.221. The molecule has 2 heterocycles. The van der Waals surface area contributed by atoms with Crippen molar-refractivity contribution in [3.8, 4) is 0 Å². The molecule has 0 spiro atoms. The summed E-state index contributed by atoms with van der Waals surface area (Å²) in [6.45, 7) is 3.82. The Morgan fingerprint density at radius 3 is 2.80 bits per heavy atom. The Hall–Kier alpha value is -1.45. The predicted molar refractivity (Wildman–Crippen MR) is 81.9 cm³/mol. The van der Waals surface area contributed by atoms with Crippen molar-refractivity contribution < 1.29 is 5.11 Å². The smallest absolute Gasteiger partial charge is 0.136 e. The standard InChI is InChI=1S/C17H22N2O/c1-14-10-17(18-12-14,11-15-6-3-2-4-7-15)19-9-5-8-16(20)13-19/h2-4,6-7,10,12,16,20H,5,8-9,11,13H2,1H3. The van der Waals surface area contributed by atoms with Crippen molar-refractivity contribution in [2.45, 2.75) is 38.0 Å². The second-order valence-corrected chi connectivity index (χ2v) is 5.93. The van der Waals surface area contributed by atoms with E-state index in [1.165, 1.54) is 11.1 Å². The van der Waals surface area contributed by atoms with E-state index >= 15 is 0 Å². The van der Waals surface area contributed by atoms with E-state index in [9.17, 15) is 5.11 Å². The summed E-state index contributed by atoms with van der Waals surface area (Å²) in [7, 11) is 0. The van der Waals surface area contributed by atoms with E-state index in [2.05, 4.69) is 42.2 Å². The Kier molecular flexibility index (Phi) is 3.72. The van der Waals surface area contributed by atoms with Crippen molar-refractivity contribution in [2.75, 3.05) is 13.1 Å². The fourth-order valence-electron chi connectivity index (χ4n) is 3.24. The molecule has 0 aliphatic carbocycles. The van der Waals surface area contributed by atoms with Gasteiger partial charge in [0.2, 0.25) is 0 Å². The second kappa shape index (κ2) is 5.51. The summed E-state index contributed by atoms with van der Waals surface area (Å²) >= 11 is 0. The molecule has 0 bridgehead atoms. The third-order valence-corrected chi connectivity index (χ3v) is 4.20. The normalized spacial score (nSPS) is 30.5. The Bertz CT molecular complexity index is 523. The molecule has 0 radical (unpaired) electrons. The average Bonchev–Trinajstić information content (AvgIpc) is 2.82. The number of nitrogens with zero attached hydrogens (tertiary/aromatic N) is 2. The van der Waals surface area contributed by atoms with Crippen molar-refractivity contribution >= 4 is 6.21 Å². The van der Waals surface area contributed by atoms with Crippen molar-refractivity contribution in [2.24, 2.45) is 4.99 Å². The van der Waals surface area contributed by atoms with Crippen LogP contribution in [0.2, 0.25) is 0 Å². The lowest BCUT2D eigenvalue weighted by Gasteiger charge is -2.41. The molecule has 3 rings (SSSR count). The van der Waals surface area contributed by atoms with E-state index in [1.807, 2.05) is 12.3 Å². The van der Waals surface area contributed by atoms with Crippen molar-refractivity contribution in [3.63, 3.8) is 0 Å². The molecule has 20 heavy (non-hydrogen) atoms. The van der Waals surface area contributed by atoms with Crippen LogP contribution in [0.4, 0.5) is 0 Å². The van der Waals surface area contributed by atoms with Gasteiger partial charge in [-0.1, -0.05) is 30.3 Å². The van der Waals surface area contributed by atoms with E-state index < -0.39 is 0 Å². The maximum absolute atomic E-state index is 9.97. The molecule has 3 nitrogen and oxygen atoms in total. The zero-order valence-corrected chi connectivity index (χ0v) is 12.0. The number of aliphatic imine (C=N–C) groups is 1. The maximum Gasteiger partial charge on any atom is 0.136 e. The molecule has 0 aromatic heterocycles. The van der Waals surface area contributed by atoms with Crippen LogP contribution in [0.3, 0.4) is 0 Å². The van der Waals surface area contributed by atoms with Crippen LogP contribution in [0, 0.1) is 0 Å². The molecule has 2 aliphatic rings. The Labute approximate surface area is 120 Å². The third-order valence-electron chi connectivity index (χ3n) is 4.20. The first-order chi connectivity index (χ1) is 9.68. The zero-order valence-electron chi connectivity index (χ0n) is 12.0. The van der Waals surface area contributed by atoms with Crippen LogP contribution in [-0.2, 0) is 6.42 Å². The van der Waals surface area contributed by atoms with Crippen LogP contribution >= 0.6 is 0 Å². The highest BCUT2D eigenvalue weighted by atomic mass is 16.3. The number of piperidine rings is 1. The van der Waals surface area contributed by atoms with E-state index in [0.717, 1.165) is 25.8 Å². The van der Waals surface area contributed by atoms with Crippen LogP contribution in [0.1, 0.15) is 25.3 Å². The lowest BCUT2D eigenvalue weighted by Crippen LogP contribution is -2.52. The van der Waals surface area contributed by atoms with Crippen LogP contribution in [0.5, 0.6) is 0 Å². The first-order valence-corrected chi connectivity index (χ1v) is 7.40. The van der Waals surface area contributed by atoms with Gasteiger partial charge in [-0.15, -0.1) is 0 Å². The highest BCUT2D eigenvalue weighted by Crippen LogP contribution is 2.32. The number of likely N-dealkylation sites (tertiary alicyclic amines) is 1. The molecule has 2 atom stereocenters. The van der Waals surface area contributed by atoms with Gasteiger partial charge in [-0.2, -0.15) is 0 Å². The highest BCUT2D eigenvalue weighted by molar-refractivity contribution is 5.81. The van der Waals surface area contributed by atoms with E-state index in [0.29, 0.717) is 6.54 Å². The van der Waals surface area contributed by atoms with E-state index in [1.54, 1.807) is 0 Å². The van der Waals surface area contributed by atoms with Crippen LogP contribution in [-0.4, -0.2) is 41.1 Å². The van der Waals surface area contributed by atoms with Crippen LogP contribution in [0.15, 0.2) is 47.0 Å². The fourth-order valence-corrected chi connectivity index (χ4v) is 3.24. The topological polar surface area (TPSA) is 35.8 Å². The molecule has 1 aromatic carbocycles. The molecule has 106 valence electrons. The Balaban J connectivity index is 1.88. The zero-order chi connectivity index (χ0) is 14.0.